The lowest BCUT2D eigenvalue weighted by Gasteiger charge is -2.29. The van der Waals surface area contributed by atoms with Gasteiger partial charge >= 0.3 is 0 Å². The van der Waals surface area contributed by atoms with E-state index in [4.69, 9.17) is 4.74 Å². The molecule has 0 amide bonds. The molecule has 6 nitrogen and oxygen atoms in total. The lowest BCUT2D eigenvalue weighted by molar-refractivity contribution is 0.122. The maximum Gasteiger partial charge on any atom is 0.203 e. The highest BCUT2D eigenvalue weighted by molar-refractivity contribution is 7.13. The maximum atomic E-state index is 10.1. The van der Waals surface area contributed by atoms with Crippen molar-refractivity contribution in [1.29, 1.82) is 0 Å². The predicted octanol–water partition coefficient (Wildman–Crippen LogP) is 2.44. The van der Waals surface area contributed by atoms with Gasteiger partial charge in [-0.2, -0.15) is 5.10 Å². The zero-order valence-corrected chi connectivity index (χ0v) is 13.1. The van der Waals surface area contributed by atoms with Crippen LogP contribution in [0.25, 0.3) is 0 Å². The highest BCUT2D eigenvalue weighted by Crippen LogP contribution is 2.24. The Hall–Kier alpha value is -2.12. The number of hydrazone groups is 1. The van der Waals surface area contributed by atoms with Crippen molar-refractivity contribution in [3.8, 4) is 5.75 Å². The molecule has 0 unspecified atom stereocenters. The summed E-state index contributed by atoms with van der Waals surface area (Å²) in [5, 5.41) is 16.9. The lowest BCUT2D eigenvalue weighted by Crippen LogP contribution is -2.36. The topological polar surface area (TPSA) is 70.0 Å². The molecule has 2 heterocycles. The molecular weight excluding hydrogens is 300 g/mol. The Kier molecular flexibility index (Phi) is 4.55. The van der Waals surface area contributed by atoms with Crippen LogP contribution in [0.15, 0.2) is 28.7 Å². The van der Waals surface area contributed by atoms with Gasteiger partial charge < -0.3 is 14.7 Å². The number of aromatic nitrogens is 1. The third-order valence-corrected chi connectivity index (χ3v) is 4.24. The van der Waals surface area contributed by atoms with Crippen LogP contribution in [-0.2, 0) is 4.74 Å². The van der Waals surface area contributed by atoms with Crippen molar-refractivity contribution in [2.75, 3.05) is 36.6 Å². The first-order chi connectivity index (χ1) is 10.7. The first-order valence-electron chi connectivity index (χ1n) is 7.09. The van der Waals surface area contributed by atoms with Gasteiger partial charge in [-0.3, -0.25) is 5.43 Å². The van der Waals surface area contributed by atoms with Crippen LogP contribution in [0.5, 0.6) is 5.75 Å². The molecule has 1 fully saturated rings. The van der Waals surface area contributed by atoms with Crippen molar-refractivity contribution >= 4 is 28.4 Å². The summed E-state index contributed by atoms with van der Waals surface area (Å²) < 4.78 is 5.33. The number of hydrogen-bond donors (Lipinski definition) is 2. The Bertz CT molecular complexity index is 665. The standard InChI is InChI=1S/C15H18N4O2S/c1-11-10-22-15(17-11)18-16-9-12-2-3-13(8-14(12)20)19-4-6-21-7-5-19/h2-3,8-10,20H,4-7H2,1H3,(H,17,18). The number of ether oxygens (including phenoxy) is 1. The molecule has 1 aliphatic rings. The van der Waals surface area contributed by atoms with Crippen LogP contribution in [0.2, 0.25) is 0 Å². The van der Waals surface area contributed by atoms with Crippen LogP contribution in [0, 0.1) is 6.92 Å². The van der Waals surface area contributed by atoms with E-state index in [9.17, 15) is 5.11 Å². The summed E-state index contributed by atoms with van der Waals surface area (Å²) in [6, 6.07) is 5.61. The highest BCUT2D eigenvalue weighted by Gasteiger charge is 2.12. The SMILES string of the molecule is Cc1csc(NN=Cc2ccc(N3CCOCC3)cc2O)n1. The molecule has 0 atom stereocenters. The van der Waals surface area contributed by atoms with Gasteiger partial charge in [0, 0.05) is 35.8 Å². The van der Waals surface area contributed by atoms with Gasteiger partial charge in [0.1, 0.15) is 5.75 Å². The van der Waals surface area contributed by atoms with Gasteiger partial charge in [-0.05, 0) is 19.1 Å². The fourth-order valence-corrected chi connectivity index (χ4v) is 2.86. The number of phenolic OH excluding ortho intramolecular Hbond substituents is 1. The van der Waals surface area contributed by atoms with Gasteiger partial charge in [-0.25, -0.2) is 4.98 Å². The summed E-state index contributed by atoms with van der Waals surface area (Å²) in [6.45, 7) is 5.07. The quantitative estimate of drug-likeness (QED) is 0.669. The molecule has 3 rings (SSSR count). The molecule has 1 aliphatic heterocycles. The van der Waals surface area contributed by atoms with Crippen LogP contribution in [0.4, 0.5) is 10.8 Å². The number of morpholine rings is 1. The molecule has 2 N–H and O–H groups in total. The number of anilines is 2. The zero-order valence-electron chi connectivity index (χ0n) is 12.3. The number of thiazole rings is 1. The number of rotatable bonds is 4. The number of aryl methyl sites for hydroxylation is 1. The summed E-state index contributed by atoms with van der Waals surface area (Å²) in [6.07, 6.45) is 1.59. The Balaban J connectivity index is 1.66. The minimum absolute atomic E-state index is 0.213. The van der Waals surface area contributed by atoms with E-state index in [0.29, 0.717) is 5.56 Å². The number of phenols is 1. The molecule has 1 aromatic carbocycles. The largest absolute Gasteiger partial charge is 0.507 e. The molecule has 7 heteroatoms. The molecule has 0 aliphatic carbocycles. The smallest absolute Gasteiger partial charge is 0.203 e. The molecule has 22 heavy (non-hydrogen) atoms. The average Bonchev–Trinajstić information content (AvgIpc) is 2.95. The summed E-state index contributed by atoms with van der Waals surface area (Å²) >= 11 is 1.49. The van der Waals surface area contributed by atoms with Crippen molar-refractivity contribution < 1.29 is 9.84 Å². The van der Waals surface area contributed by atoms with Crippen molar-refractivity contribution in [2.45, 2.75) is 6.92 Å². The van der Waals surface area contributed by atoms with Crippen molar-refractivity contribution in [2.24, 2.45) is 5.10 Å². The number of nitrogens with one attached hydrogen (secondary N) is 1. The van der Waals surface area contributed by atoms with Gasteiger partial charge in [0.15, 0.2) is 0 Å². The van der Waals surface area contributed by atoms with E-state index in [0.717, 1.165) is 42.8 Å². The second-order valence-corrected chi connectivity index (χ2v) is 5.86. The van der Waals surface area contributed by atoms with Crippen LogP contribution in [0.3, 0.4) is 0 Å². The van der Waals surface area contributed by atoms with Crippen LogP contribution < -0.4 is 10.3 Å². The van der Waals surface area contributed by atoms with E-state index in [1.165, 1.54) is 11.3 Å². The van der Waals surface area contributed by atoms with Gasteiger partial charge in [0.05, 0.1) is 25.1 Å². The average molecular weight is 318 g/mol. The second-order valence-electron chi connectivity index (χ2n) is 5.01. The third-order valence-electron chi connectivity index (χ3n) is 3.37. The van der Waals surface area contributed by atoms with E-state index in [1.807, 2.05) is 24.4 Å². The van der Waals surface area contributed by atoms with E-state index in [-0.39, 0.29) is 5.75 Å². The third kappa shape index (κ3) is 3.55. The molecule has 0 bridgehead atoms. The number of benzene rings is 1. The fourth-order valence-electron chi connectivity index (χ4n) is 2.22. The highest BCUT2D eigenvalue weighted by atomic mass is 32.1. The minimum Gasteiger partial charge on any atom is -0.507 e. The summed E-state index contributed by atoms with van der Waals surface area (Å²) in [5.74, 6) is 0.213. The first kappa shape index (κ1) is 14.8. The summed E-state index contributed by atoms with van der Waals surface area (Å²) in [4.78, 5) is 6.45. The van der Waals surface area contributed by atoms with Crippen LogP contribution in [0.1, 0.15) is 11.3 Å². The monoisotopic (exact) mass is 318 g/mol. The maximum absolute atomic E-state index is 10.1. The van der Waals surface area contributed by atoms with Gasteiger partial charge in [-0.15, -0.1) is 11.3 Å². The van der Waals surface area contributed by atoms with E-state index < -0.39 is 0 Å². The van der Waals surface area contributed by atoms with E-state index in [2.05, 4.69) is 20.4 Å². The first-order valence-corrected chi connectivity index (χ1v) is 7.97. The van der Waals surface area contributed by atoms with Crippen molar-refractivity contribution in [3.05, 3.63) is 34.8 Å². The molecule has 1 aromatic heterocycles. The van der Waals surface area contributed by atoms with Gasteiger partial charge in [0.25, 0.3) is 0 Å². The van der Waals surface area contributed by atoms with Gasteiger partial charge in [0.2, 0.25) is 5.13 Å². The Morgan fingerprint density at radius 1 is 1.41 bits per heavy atom. The molecular formula is C15H18N4O2S. The van der Waals surface area contributed by atoms with Gasteiger partial charge in [-0.1, -0.05) is 0 Å². The minimum atomic E-state index is 0.213. The van der Waals surface area contributed by atoms with Crippen LogP contribution in [-0.4, -0.2) is 42.6 Å². The molecule has 0 radical (unpaired) electrons. The van der Waals surface area contributed by atoms with E-state index in [1.54, 1.807) is 12.3 Å². The molecule has 2 aromatic rings. The Labute approximate surface area is 133 Å². The zero-order chi connectivity index (χ0) is 15.4. The fraction of sp³-hybridized carbons (Fsp3) is 0.333. The lowest BCUT2D eigenvalue weighted by atomic mass is 10.2. The molecule has 116 valence electrons. The van der Waals surface area contributed by atoms with Crippen molar-refractivity contribution in [3.63, 3.8) is 0 Å². The Morgan fingerprint density at radius 2 is 2.23 bits per heavy atom. The molecule has 0 spiro atoms. The number of hydrogen-bond acceptors (Lipinski definition) is 7. The summed E-state index contributed by atoms with van der Waals surface area (Å²) in [7, 11) is 0. The molecule has 0 saturated carbocycles. The van der Waals surface area contributed by atoms with Crippen LogP contribution >= 0.6 is 11.3 Å². The predicted molar refractivity (Wildman–Crippen MR) is 89.2 cm³/mol. The Morgan fingerprint density at radius 3 is 2.91 bits per heavy atom. The number of nitrogens with zero attached hydrogens (tertiary/aromatic N) is 3. The summed E-state index contributed by atoms with van der Waals surface area (Å²) in [5.41, 5.74) is 5.48. The second kappa shape index (κ2) is 6.76. The molecule has 1 saturated heterocycles. The van der Waals surface area contributed by atoms with E-state index >= 15 is 0 Å². The normalized spacial score (nSPS) is 15.4. The number of aromatic hydroxyl groups is 1. The van der Waals surface area contributed by atoms with Crippen molar-refractivity contribution in [1.82, 2.24) is 4.98 Å².